The molecule has 1 N–H and O–H groups in total. The topological polar surface area (TPSA) is 58.6 Å². The van der Waals surface area contributed by atoms with Crippen molar-refractivity contribution >= 4 is 12.0 Å². The van der Waals surface area contributed by atoms with Crippen LogP contribution in [0.15, 0.2) is 0 Å². The number of ether oxygens (including phenoxy) is 1. The van der Waals surface area contributed by atoms with Crippen LogP contribution in [0, 0.1) is 0 Å². The standard InChI is InChI=1S/C9H16N2O3/c1-7(2)14-9(13)11-5-3-4-10-8(12)6-11/h7H,3-6H2,1-2H3,(H,10,12). The van der Waals surface area contributed by atoms with E-state index in [-0.39, 0.29) is 18.6 Å². The molecule has 80 valence electrons. The van der Waals surface area contributed by atoms with Gasteiger partial charge >= 0.3 is 6.09 Å². The minimum Gasteiger partial charge on any atom is -0.447 e. The Bertz CT molecular complexity index is 228. The molecule has 0 atom stereocenters. The van der Waals surface area contributed by atoms with E-state index in [9.17, 15) is 9.59 Å². The fourth-order valence-corrected chi connectivity index (χ4v) is 1.24. The van der Waals surface area contributed by atoms with Crippen molar-refractivity contribution in [2.75, 3.05) is 19.6 Å². The number of hydrogen-bond acceptors (Lipinski definition) is 3. The first-order chi connectivity index (χ1) is 6.59. The summed E-state index contributed by atoms with van der Waals surface area (Å²) in [6, 6.07) is 0. The van der Waals surface area contributed by atoms with Gasteiger partial charge in [0.2, 0.25) is 5.91 Å². The van der Waals surface area contributed by atoms with Gasteiger partial charge in [0.05, 0.1) is 6.10 Å². The summed E-state index contributed by atoms with van der Waals surface area (Å²) in [6.07, 6.45) is 0.227. The van der Waals surface area contributed by atoms with Crippen molar-refractivity contribution in [1.29, 1.82) is 0 Å². The number of hydrogen-bond donors (Lipinski definition) is 1. The Morgan fingerprint density at radius 3 is 2.93 bits per heavy atom. The molecule has 0 bridgehead atoms. The van der Waals surface area contributed by atoms with E-state index in [0.29, 0.717) is 13.1 Å². The van der Waals surface area contributed by atoms with Gasteiger partial charge in [0.1, 0.15) is 6.54 Å². The Balaban J connectivity index is 2.48. The molecule has 0 aromatic heterocycles. The summed E-state index contributed by atoms with van der Waals surface area (Å²) in [6.45, 7) is 4.88. The highest BCUT2D eigenvalue weighted by atomic mass is 16.6. The number of amides is 2. The lowest BCUT2D eigenvalue weighted by Crippen LogP contribution is -2.38. The third-order valence-electron chi connectivity index (χ3n) is 1.86. The summed E-state index contributed by atoms with van der Waals surface area (Å²) in [5, 5.41) is 2.69. The van der Waals surface area contributed by atoms with Crippen LogP contribution < -0.4 is 5.32 Å². The molecule has 14 heavy (non-hydrogen) atoms. The summed E-state index contributed by atoms with van der Waals surface area (Å²) < 4.78 is 5.00. The summed E-state index contributed by atoms with van der Waals surface area (Å²) in [5.74, 6) is -0.122. The number of nitrogens with zero attached hydrogens (tertiary/aromatic N) is 1. The fourth-order valence-electron chi connectivity index (χ4n) is 1.24. The van der Waals surface area contributed by atoms with Crippen molar-refractivity contribution in [3.05, 3.63) is 0 Å². The molecule has 0 aromatic rings. The molecule has 5 nitrogen and oxygen atoms in total. The minimum atomic E-state index is -0.406. The van der Waals surface area contributed by atoms with Crippen molar-refractivity contribution in [2.24, 2.45) is 0 Å². The number of nitrogens with one attached hydrogen (secondary N) is 1. The molecule has 0 radical (unpaired) electrons. The van der Waals surface area contributed by atoms with Crippen molar-refractivity contribution in [3.8, 4) is 0 Å². The molecule has 1 saturated heterocycles. The van der Waals surface area contributed by atoms with Crippen LogP contribution in [-0.2, 0) is 9.53 Å². The van der Waals surface area contributed by atoms with Crippen molar-refractivity contribution in [2.45, 2.75) is 26.4 Å². The number of carbonyl (C=O) groups is 2. The van der Waals surface area contributed by atoms with Crippen LogP contribution in [0.4, 0.5) is 4.79 Å². The van der Waals surface area contributed by atoms with E-state index in [1.165, 1.54) is 4.90 Å². The Morgan fingerprint density at radius 1 is 1.57 bits per heavy atom. The van der Waals surface area contributed by atoms with Gasteiger partial charge in [-0.3, -0.25) is 9.69 Å². The molecular formula is C9H16N2O3. The molecule has 2 amide bonds. The van der Waals surface area contributed by atoms with Crippen molar-refractivity contribution < 1.29 is 14.3 Å². The lowest BCUT2D eigenvalue weighted by Gasteiger charge is -2.19. The highest BCUT2D eigenvalue weighted by Gasteiger charge is 2.21. The lowest BCUT2D eigenvalue weighted by molar-refractivity contribution is -0.121. The van der Waals surface area contributed by atoms with Gasteiger partial charge in [0.25, 0.3) is 0 Å². The van der Waals surface area contributed by atoms with Gasteiger partial charge < -0.3 is 10.1 Å². The number of carbonyl (C=O) groups excluding carboxylic acids is 2. The first kappa shape index (κ1) is 10.8. The van der Waals surface area contributed by atoms with Crippen LogP contribution in [-0.4, -0.2) is 42.6 Å². The Labute approximate surface area is 83.4 Å². The summed E-state index contributed by atoms with van der Waals surface area (Å²) in [4.78, 5) is 24.0. The zero-order valence-corrected chi connectivity index (χ0v) is 8.58. The molecule has 5 heteroatoms. The highest BCUT2D eigenvalue weighted by Crippen LogP contribution is 2.01. The van der Waals surface area contributed by atoms with E-state index >= 15 is 0 Å². The van der Waals surface area contributed by atoms with Crippen molar-refractivity contribution in [3.63, 3.8) is 0 Å². The van der Waals surface area contributed by atoms with E-state index < -0.39 is 6.09 Å². The van der Waals surface area contributed by atoms with Crippen LogP contribution in [0.1, 0.15) is 20.3 Å². The summed E-state index contributed by atoms with van der Waals surface area (Å²) in [7, 11) is 0. The monoisotopic (exact) mass is 200 g/mol. The lowest BCUT2D eigenvalue weighted by atomic mass is 10.4. The van der Waals surface area contributed by atoms with E-state index in [1.54, 1.807) is 13.8 Å². The molecule has 1 fully saturated rings. The first-order valence-electron chi connectivity index (χ1n) is 4.82. The number of rotatable bonds is 1. The van der Waals surface area contributed by atoms with Gasteiger partial charge in [0, 0.05) is 13.1 Å². The van der Waals surface area contributed by atoms with Gasteiger partial charge in [-0.05, 0) is 20.3 Å². The molecule has 1 aliphatic heterocycles. The molecule has 0 spiro atoms. The van der Waals surface area contributed by atoms with E-state index in [4.69, 9.17) is 4.74 Å². The average molecular weight is 200 g/mol. The van der Waals surface area contributed by atoms with Gasteiger partial charge in [-0.15, -0.1) is 0 Å². The van der Waals surface area contributed by atoms with Crippen LogP contribution >= 0.6 is 0 Å². The average Bonchev–Trinajstić information content (AvgIpc) is 2.28. The molecular weight excluding hydrogens is 184 g/mol. The quantitative estimate of drug-likeness (QED) is 0.664. The second kappa shape index (κ2) is 4.83. The first-order valence-corrected chi connectivity index (χ1v) is 4.82. The fraction of sp³-hybridized carbons (Fsp3) is 0.778. The smallest absolute Gasteiger partial charge is 0.410 e. The minimum absolute atomic E-state index is 0.103. The zero-order valence-electron chi connectivity index (χ0n) is 8.58. The maximum atomic E-state index is 11.4. The SMILES string of the molecule is CC(C)OC(=O)N1CCCNC(=O)C1. The Kier molecular flexibility index (Phi) is 3.73. The van der Waals surface area contributed by atoms with E-state index in [0.717, 1.165) is 6.42 Å². The van der Waals surface area contributed by atoms with E-state index in [1.807, 2.05) is 0 Å². The predicted molar refractivity (Wildman–Crippen MR) is 50.8 cm³/mol. The normalized spacial score (nSPS) is 17.6. The van der Waals surface area contributed by atoms with Gasteiger partial charge in [0.15, 0.2) is 0 Å². The largest absolute Gasteiger partial charge is 0.447 e. The Hall–Kier alpha value is -1.26. The molecule has 0 aromatic carbocycles. The molecule has 0 aliphatic carbocycles. The van der Waals surface area contributed by atoms with Gasteiger partial charge in [-0.1, -0.05) is 0 Å². The summed E-state index contributed by atoms with van der Waals surface area (Å²) >= 11 is 0. The summed E-state index contributed by atoms with van der Waals surface area (Å²) in [5.41, 5.74) is 0. The zero-order chi connectivity index (χ0) is 10.6. The molecule has 0 saturated carbocycles. The van der Waals surface area contributed by atoms with Gasteiger partial charge in [-0.2, -0.15) is 0 Å². The maximum absolute atomic E-state index is 11.4. The third-order valence-corrected chi connectivity index (χ3v) is 1.86. The van der Waals surface area contributed by atoms with E-state index in [2.05, 4.69) is 5.32 Å². The predicted octanol–water partition coefficient (Wildman–Crippen LogP) is 0.353. The molecule has 1 aliphatic rings. The van der Waals surface area contributed by atoms with Crippen LogP contribution in [0.3, 0.4) is 0 Å². The van der Waals surface area contributed by atoms with Crippen molar-refractivity contribution in [1.82, 2.24) is 10.2 Å². The molecule has 0 unspecified atom stereocenters. The highest BCUT2D eigenvalue weighted by molar-refractivity contribution is 5.82. The second-order valence-corrected chi connectivity index (χ2v) is 3.56. The molecule has 1 rings (SSSR count). The molecule has 1 heterocycles. The van der Waals surface area contributed by atoms with Crippen LogP contribution in [0.2, 0.25) is 0 Å². The Morgan fingerprint density at radius 2 is 2.29 bits per heavy atom. The maximum Gasteiger partial charge on any atom is 0.410 e. The van der Waals surface area contributed by atoms with Gasteiger partial charge in [-0.25, -0.2) is 4.79 Å². The third kappa shape index (κ3) is 3.24. The van der Waals surface area contributed by atoms with Crippen LogP contribution in [0.5, 0.6) is 0 Å². The van der Waals surface area contributed by atoms with Crippen LogP contribution in [0.25, 0.3) is 0 Å². The second-order valence-electron chi connectivity index (χ2n) is 3.56.